The Morgan fingerprint density at radius 3 is 2.53 bits per heavy atom. The SMILES string of the molecule is Cc1ccc([N+](=O)[O-])c(NCc2ccc(Br)cc2)c1. The van der Waals surface area contributed by atoms with E-state index < -0.39 is 0 Å². The van der Waals surface area contributed by atoms with Crippen molar-refractivity contribution in [3.8, 4) is 0 Å². The zero-order valence-corrected chi connectivity index (χ0v) is 12.0. The van der Waals surface area contributed by atoms with Crippen LogP contribution in [-0.4, -0.2) is 4.92 Å². The van der Waals surface area contributed by atoms with Crippen LogP contribution in [0, 0.1) is 17.0 Å². The van der Waals surface area contributed by atoms with Gasteiger partial charge in [-0.1, -0.05) is 34.1 Å². The highest BCUT2D eigenvalue weighted by Crippen LogP contribution is 2.25. The minimum absolute atomic E-state index is 0.0997. The third-order valence-corrected chi connectivity index (χ3v) is 3.27. The van der Waals surface area contributed by atoms with E-state index in [0.29, 0.717) is 12.2 Å². The lowest BCUT2D eigenvalue weighted by atomic mass is 10.1. The molecule has 0 amide bonds. The van der Waals surface area contributed by atoms with Crippen molar-refractivity contribution in [1.29, 1.82) is 0 Å². The second-order valence-corrected chi connectivity index (χ2v) is 5.17. The lowest BCUT2D eigenvalue weighted by molar-refractivity contribution is -0.384. The molecule has 0 bridgehead atoms. The molecule has 19 heavy (non-hydrogen) atoms. The highest BCUT2D eigenvalue weighted by molar-refractivity contribution is 9.10. The summed E-state index contributed by atoms with van der Waals surface area (Å²) in [6.07, 6.45) is 0. The first-order chi connectivity index (χ1) is 9.06. The smallest absolute Gasteiger partial charge is 0.292 e. The molecular weight excluding hydrogens is 308 g/mol. The number of nitrogens with one attached hydrogen (secondary N) is 1. The van der Waals surface area contributed by atoms with Crippen molar-refractivity contribution in [2.45, 2.75) is 13.5 Å². The van der Waals surface area contributed by atoms with Gasteiger partial charge in [-0.15, -0.1) is 0 Å². The van der Waals surface area contributed by atoms with E-state index in [4.69, 9.17) is 0 Å². The van der Waals surface area contributed by atoms with Crippen molar-refractivity contribution in [2.75, 3.05) is 5.32 Å². The van der Waals surface area contributed by atoms with Gasteiger partial charge >= 0.3 is 0 Å². The highest BCUT2D eigenvalue weighted by Gasteiger charge is 2.12. The van der Waals surface area contributed by atoms with Gasteiger partial charge in [0.1, 0.15) is 5.69 Å². The van der Waals surface area contributed by atoms with Crippen LogP contribution in [0.3, 0.4) is 0 Å². The second-order valence-electron chi connectivity index (χ2n) is 4.26. The third kappa shape index (κ3) is 3.54. The van der Waals surface area contributed by atoms with Crippen LogP contribution in [0.1, 0.15) is 11.1 Å². The minimum Gasteiger partial charge on any atom is -0.375 e. The molecule has 98 valence electrons. The van der Waals surface area contributed by atoms with E-state index in [2.05, 4.69) is 21.2 Å². The topological polar surface area (TPSA) is 55.2 Å². The Morgan fingerprint density at radius 2 is 1.89 bits per heavy atom. The van der Waals surface area contributed by atoms with Crippen LogP contribution >= 0.6 is 15.9 Å². The average Bonchev–Trinajstić information content (AvgIpc) is 2.38. The normalized spacial score (nSPS) is 10.2. The number of hydrogen-bond acceptors (Lipinski definition) is 3. The zero-order valence-electron chi connectivity index (χ0n) is 10.4. The van der Waals surface area contributed by atoms with Gasteiger partial charge in [-0.05, 0) is 36.2 Å². The van der Waals surface area contributed by atoms with Gasteiger partial charge in [-0.2, -0.15) is 0 Å². The molecule has 0 unspecified atom stereocenters. The molecule has 0 saturated heterocycles. The van der Waals surface area contributed by atoms with Crippen molar-refractivity contribution in [2.24, 2.45) is 0 Å². The van der Waals surface area contributed by atoms with Crippen LogP contribution in [-0.2, 0) is 6.54 Å². The molecule has 0 aromatic heterocycles. The second kappa shape index (κ2) is 5.84. The van der Waals surface area contributed by atoms with E-state index in [1.807, 2.05) is 31.2 Å². The quantitative estimate of drug-likeness (QED) is 0.675. The van der Waals surface area contributed by atoms with Gasteiger partial charge in [-0.25, -0.2) is 0 Å². The Labute approximate surface area is 119 Å². The fraction of sp³-hybridized carbons (Fsp3) is 0.143. The van der Waals surface area contributed by atoms with E-state index in [9.17, 15) is 10.1 Å². The molecule has 0 radical (unpaired) electrons. The summed E-state index contributed by atoms with van der Waals surface area (Å²) in [4.78, 5) is 10.6. The summed E-state index contributed by atoms with van der Waals surface area (Å²) in [5, 5.41) is 14.1. The molecule has 0 aliphatic carbocycles. The summed E-state index contributed by atoms with van der Waals surface area (Å²) in [5.74, 6) is 0. The standard InChI is InChI=1S/C14H13BrN2O2/c1-10-2-7-14(17(18)19)13(8-10)16-9-11-3-5-12(15)6-4-11/h2-8,16H,9H2,1H3. The van der Waals surface area contributed by atoms with Crippen molar-refractivity contribution in [3.05, 3.63) is 68.2 Å². The van der Waals surface area contributed by atoms with Gasteiger partial charge in [0.25, 0.3) is 5.69 Å². The van der Waals surface area contributed by atoms with Crippen molar-refractivity contribution in [1.82, 2.24) is 0 Å². The van der Waals surface area contributed by atoms with Crippen LogP contribution in [0.2, 0.25) is 0 Å². The maximum absolute atomic E-state index is 10.9. The molecule has 2 aromatic rings. The molecule has 0 fully saturated rings. The van der Waals surface area contributed by atoms with Crippen molar-refractivity contribution in [3.63, 3.8) is 0 Å². The maximum Gasteiger partial charge on any atom is 0.292 e. The number of aryl methyl sites for hydroxylation is 1. The number of nitro groups is 1. The molecule has 2 rings (SSSR count). The number of nitrogens with zero attached hydrogens (tertiary/aromatic N) is 1. The zero-order chi connectivity index (χ0) is 13.8. The summed E-state index contributed by atoms with van der Waals surface area (Å²) in [5.41, 5.74) is 2.71. The largest absolute Gasteiger partial charge is 0.375 e. The first-order valence-electron chi connectivity index (χ1n) is 5.79. The van der Waals surface area contributed by atoms with Crippen molar-refractivity contribution < 1.29 is 4.92 Å². The van der Waals surface area contributed by atoms with Crippen molar-refractivity contribution >= 4 is 27.3 Å². The summed E-state index contributed by atoms with van der Waals surface area (Å²) >= 11 is 3.37. The van der Waals surface area contributed by atoms with Gasteiger partial charge < -0.3 is 5.32 Å². The predicted molar refractivity (Wildman–Crippen MR) is 79.3 cm³/mol. The first kappa shape index (κ1) is 13.5. The van der Waals surface area contributed by atoms with Crippen LogP contribution < -0.4 is 5.32 Å². The molecule has 0 spiro atoms. The number of hydrogen-bond donors (Lipinski definition) is 1. The molecular formula is C14H13BrN2O2. The summed E-state index contributed by atoms with van der Waals surface area (Å²) in [6, 6.07) is 12.9. The van der Waals surface area contributed by atoms with E-state index in [1.165, 1.54) is 6.07 Å². The fourth-order valence-electron chi connectivity index (χ4n) is 1.75. The summed E-state index contributed by atoms with van der Waals surface area (Å²) in [7, 11) is 0. The number of anilines is 1. The molecule has 2 aromatic carbocycles. The molecule has 0 aliphatic rings. The maximum atomic E-state index is 10.9. The van der Waals surface area contributed by atoms with Gasteiger partial charge in [0.2, 0.25) is 0 Å². The van der Waals surface area contributed by atoms with Gasteiger partial charge in [0.15, 0.2) is 0 Å². The van der Waals surface area contributed by atoms with E-state index in [0.717, 1.165) is 15.6 Å². The summed E-state index contributed by atoms with van der Waals surface area (Å²) in [6.45, 7) is 2.46. The van der Waals surface area contributed by atoms with E-state index in [1.54, 1.807) is 12.1 Å². The van der Waals surface area contributed by atoms with Gasteiger partial charge in [-0.3, -0.25) is 10.1 Å². The third-order valence-electron chi connectivity index (χ3n) is 2.74. The number of rotatable bonds is 4. The van der Waals surface area contributed by atoms with Crippen LogP contribution in [0.4, 0.5) is 11.4 Å². The molecule has 5 heteroatoms. The Kier molecular flexibility index (Phi) is 4.16. The fourth-order valence-corrected chi connectivity index (χ4v) is 2.01. The number of benzene rings is 2. The lowest BCUT2D eigenvalue weighted by Crippen LogP contribution is -2.02. The minimum atomic E-state index is -0.372. The Hall–Kier alpha value is -1.88. The highest BCUT2D eigenvalue weighted by atomic mass is 79.9. The van der Waals surface area contributed by atoms with Crippen LogP contribution in [0.25, 0.3) is 0 Å². The number of halogens is 1. The molecule has 0 heterocycles. The van der Waals surface area contributed by atoms with Crippen LogP contribution in [0.5, 0.6) is 0 Å². The average molecular weight is 321 g/mol. The monoisotopic (exact) mass is 320 g/mol. The molecule has 0 atom stereocenters. The Balaban J connectivity index is 2.16. The first-order valence-corrected chi connectivity index (χ1v) is 6.59. The van der Waals surface area contributed by atoms with E-state index in [-0.39, 0.29) is 10.6 Å². The molecule has 4 nitrogen and oxygen atoms in total. The molecule has 0 aliphatic heterocycles. The van der Waals surface area contributed by atoms with E-state index >= 15 is 0 Å². The summed E-state index contributed by atoms with van der Waals surface area (Å²) < 4.78 is 1.01. The predicted octanol–water partition coefficient (Wildman–Crippen LogP) is 4.28. The lowest BCUT2D eigenvalue weighted by Gasteiger charge is -2.08. The molecule has 0 saturated carbocycles. The number of nitro benzene ring substituents is 1. The Morgan fingerprint density at radius 1 is 1.21 bits per heavy atom. The Bertz CT molecular complexity index is 597. The van der Waals surface area contributed by atoms with Gasteiger partial charge in [0, 0.05) is 17.1 Å². The van der Waals surface area contributed by atoms with Crippen LogP contribution in [0.15, 0.2) is 46.9 Å². The van der Waals surface area contributed by atoms with Gasteiger partial charge in [0.05, 0.1) is 4.92 Å². The molecule has 1 N–H and O–H groups in total.